The van der Waals surface area contributed by atoms with Crippen LogP contribution in [0.2, 0.25) is 5.02 Å². The number of rotatable bonds is 4. The maximum absolute atomic E-state index is 12.2. The van der Waals surface area contributed by atoms with Crippen molar-refractivity contribution in [3.05, 3.63) is 53.3 Å². The first-order valence-corrected chi connectivity index (χ1v) is 7.69. The molecule has 0 aliphatic rings. The predicted octanol–water partition coefficient (Wildman–Crippen LogP) is 2.17. The summed E-state index contributed by atoms with van der Waals surface area (Å²) >= 11 is 10.8. The predicted molar refractivity (Wildman–Crippen MR) is 82.4 cm³/mol. The van der Waals surface area contributed by atoms with E-state index in [1.807, 2.05) is 0 Å². The lowest BCUT2D eigenvalue weighted by molar-refractivity contribution is 0.601. The van der Waals surface area contributed by atoms with Crippen LogP contribution in [0, 0.1) is 0 Å². The molecule has 3 N–H and O–H groups in total. The molecule has 0 amide bonds. The Morgan fingerprint density at radius 3 is 2.70 bits per heavy atom. The molecule has 0 saturated heterocycles. The number of thiocarbonyl (C=S) groups is 1. The molecular formula is C12H10ClN3O2S2. The minimum Gasteiger partial charge on any atom is -0.389 e. The van der Waals surface area contributed by atoms with E-state index in [1.165, 1.54) is 30.6 Å². The van der Waals surface area contributed by atoms with Crippen LogP contribution in [0.1, 0.15) is 5.56 Å². The van der Waals surface area contributed by atoms with E-state index in [0.717, 1.165) is 0 Å². The summed E-state index contributed by atoms with van der Waals surface area (Å²) in [6.45, 7) is 0. The molecule has 20 heavy (non-hydrogen) atoms. The summed E-state index contributed by atoms with van der Waals surface area (Å²) in [5.41, 5.74) is 6.19. The van der Waals surface area contributed by atoms with Crippen LogP contribution in [0.3, 0.4) is 0 Å². The summed E-state index contributed by atoms with van der Waals surface area (Å²) in [4.78, 5) is 3.88. The first-order chi connectivity index (χ1) is 9.40. The second-order valence-corrected chi connectivity index (χ2v) is 6.41. The lowest BCUT2D eigenvalue weighted by Gasteiger charge is -2.12. The second-order valence-electron chi connectivity index (χ2n) is 3.85. The standard InChI is InChI=1S/C12H10ClN3O2S2/c13-8-3-4-10(12(14)19)11(6-8)16-20(17,18)9-2-1-5-15-7-9/h1-7,16H,(H2,14,19). The molecule has 5 nitrogen and oxygen atoms in total. The Kier molecular flexibility index (Phi) is 4.22. The summed E-state index contributed by atoms with van der Waals surface area (Å²) in [6.07, 6.45) is 2.73. The number of hydrogen-bond donors (Lipinski definition) is 2. The molecule has 1 aromatic heterocycles. The van der Waals surface area contributed by atoms with Gasteiger partial charge in [-0.15, -0.1) is 0 Å². The van der Waals surface area contributed by atoms with Crippen molar-refractivity contribution in [2.24, 2.45) is 5.73 Å². The third kappa shape index (κ3) is 3.24. The van der Waals surface area contributed by atoms with Gasteiger partial charge in [0, 0.05) is 23.0 Å². The molecule has 1 heterocycles. The molecule has 0 spiro atoms. The van der Waals surface area contributed by atoms with E-state index in [0.29, 0.717) is 10.6 Å². The molecule has 8 heteroatoms. The van der Waals surface area contributed by atoms with Crippen LogP contribution in [0.25, 0.3) is 0 Å². The van der Waals surface area contributed by atoms with Gasteiger partial charge in [-0.3, -0.25) is 9.71 Å². The fourth-order valence-electron chi connectivity index (χ4n) is 1.53. The molecule has 1 aromatic carbocycles. The average Bonchev–Trinajstić information content (AvgIpc) is 2.39. The number of hydrogen-bond acceptors (Lipinski definition) is 4. The Bertz CT molecular complexity index is 749. The lowest BCUT2D eigenvalue weighted by Crippen LogP contribution is -2.18. The number of nitrogens with two attached hydrogens (primary N) is 1. The van der Waals surface area contributed by atoms with Crippen molar-refractivity contribution < 1.29 is 8.42 Å². The summed E-state index contributed by atoms with van der Waals surface area (Å²) in [5.74, 6) is 0. The smallest absolute Gasteiger partial charge is 0.263 e. The van der Waals surface area contributed by atoms with Gasteiger partial charge >= 0.3 is 0 Å². The van der Waals surface area contributed by atoms with Gasteiger partial charge in [-0.05, 0) is 30.3 Å². The highest BCUT2D eigenvalue weighted by molar-refractivity contribution is 7.92. The van der Waals surface area contributed by atoms with Gasteiger partial charge in [-0.2, -0.15) is 0 Å². The van der Waals surface area contributed by atoms with E-state index in [-0.39, 0.29) is 15.6 Å². The number of nitrogens with zero attached hydrogens (tertiary/aromatic N) is 1. The van der Waals surface area contributed by atoms with E-state index in [1.54, 1.807) is 12.1 Å². The quantitative estimate of drug-likeness (QED) is 0.841. The van der Waals surface area contributed by atoms with Crippen molar-refractivity contribution in [3.8, 4) is 0 Å². The molecule has 0 aliphatic heterocycles. The largest absolute Gasteiger partial charge is 0.389 e. The molecule has 0 radical (unpaired) electrons. The second kappa shape index (κ2) is 5.74. The van der Waals surface area contributed by atoms with E-state index in [2.05, 4.69) is 9.71 Å². The van der Waals surface area contributed by atoms with Crippen molar-refractivity contribution >= 4 is 44.5 Å². The van der Waals surface area contributed by atoms with Gasteiger partial charge in [0.15, 0.2) is 0 Å². The van der Waals surface area contributed by atoms with Gasteiger partial charge in [-0.25, -0.2) is 8.42 Å². The first-order valence-electron chi connectivity index (χ1n) is 5.42. The molecule has 0 atom stereocenters. The van der Waals surface area contributed by atoms with Gasteiger partial charge in [0.05, 0.1) is 5.69 Å². The van der Waals surface area contributed by atoms with E-state index >= 15 is 0 Å². The fraction of sp³-hybridized carbons (Fsp3) is 0. The fourth-order valence-corrected chi connectivity index (χ4v) is 2.91. The summed E-state index contributed by atoms with van der Waals surface area (Å²) < 4.78 is 26.8. The molecule has 2 rings (SSSR count). The molecule has 0 saturated carbocycles. The van der Waals surface area contributed by atoms with Gasteiger partial charge in [0.2, 0.25) is 0 Å². The number of halogens is 1. The van der Waals surface area contributed by atoms with Crippen LogP contribution in [0.4, 0.5) is 5.69 Å². The maximum atomic E-state index is 12.2. The zero-order chi connectivity index (χ0) is 14.8. The van der Waals surface area contributed by atoms with Crippen LogP contribution >= 0.6 is 23.8 Å². The van der Waals surface area contributed by atoms with E-state index < -0.39 is 10.0 Å². The van der Waals surface area contributed by atoms with Crippen LogP contribution in [0.15, 0.2) is 47.6 Å². The van der Waals surface area contributed by atoms with Crippen LogP contribution < -0.4 is 10.5 Å². The van der Waals surface area contributed by atoms with Crippen molar-refractivity contribution in [1.29, 1.82) is 0 Å². The van der Waals surface area contributed by atoms with E-state index in [9.17, 15) is 8.42 Å². The highest BCUT2D eigenvalue weighted by atomic mass is 35.5. The third-order valence-corrected chi connectivity index (χ3v) is 4.24. The van der Waals surface area contributed by atoms with Crippen LogP contribution in [-0.2, 0) is 10.0 Å². The molecule has 0 bridgehead atoms. The number of nitrogens with one attached hydrogen (secondary N) is 1. The Labute approximate surface area is 126 Å². The van der Waals surface area contributed by atoms with Gasteiger partial charge in [0.25, 0.3) is 10.0 Å². The number of benzene rings is 1. The minimum atomic E-state index is -3.77. The van der Waals surface area contributed by atoms with Crippen molar-refractivity contribution in [2.75, 3.05) is 4.72 Å². The Morgan fingerprint density at radius 1 is 1.35 bits per heavy atom. The average molecular weight is 328 g/mol. The highest BCUT2D eigenvalue weighted by Crippen LogP contribution is 2.23. The Balaban J connectivity index is 2.44. The van der Waals surface area contributed by atoms with Crippen LogP contribution in [-0.4, -0.2) is 18.4 Å². The topological polar surface area (TPSA) is 85.1 Å². The number of pyridine rings is 1. The molecular weight excluding hydrogens is 318 g/mol. The van der Waals surface area contributed by atoms with Crippen molar-refractivity contribution in [1.82, 2.24) is 4.98 Å². The Hall–Kier alpha value is -1.70. The monoisotopic (exact) mass is 327 g/mol. The first kappa shape index (κ1) is 14.7. The van der Waals surface area contributed by atoms with Gasteiger partial charge in [0.1, 0.15) is 9.88 Å². The molecule has 0 aliphatic carbocycles. The van der Waals surface area contributed by atoms with E-state index in [4.69, 9.17) is 29.6 Å². The number of sulfonamides is 1. The lowest BCUT2D eigenvalue weighted by atomic mass is 10.2. The van der Waals surface area contributed by atoms with Gasteiger partial charge in [-0.1, -0.05) is 23.8 Å². The normalized spacial score (nSPS) is 11.1. The zero-order valence-electron chi connectivity index (χ0n) is 10.1. The summed E-state index contributed by atoms with van der Waals surface area (Å²) in [7, 11) is -3.77. The molecule has 2 aromatic rings. The number of anilines is 1. The molecule has 104 valence electrons. The van der Waals surface area contributed by atoms with Crippen LogP contribution in [0.5, 0.6) is 0 Å². The third-order valence-electron chi connectivity index (χ3n) is 2.44. The minimum absolute atomic E-state index is 0.0360. The number of aromatic nitrogens is 1. The maximum Gasteiger partial charge on any atom is 0.263 e. The van der Waals surface area contributed by atoms with Gasteiger partial charge < -0.3 is 5.73 Å². The SMILES string of the molecule is NC(=S)c1ccc(Cl)cc1NS(=O)(=O)c1cccnc1. The summed E-state index contributed by atoms with van der Waals surface area (Å²) in [5, 5.41) is 0.369. The Morgan fingerprint density at radius 2 is 2.10 bits per heavy atom. The zero-order valence-corrected chi connectivity index (χ0v) is 12.5. The highest BCUT2D eigenvalue weighted by Gasteiger charge is 2.17. The summed E-state index contributed by atoms with van der Waals surface area (Å²) in [6, 6.07) is 7.55. The van der Waals surface area contributed by atoms with Crippen molar-refractivity contribution in [3.63, 3.8) is 0 Å². The molecule has 0 unspecified atom stereocenters. The molecule has 0 fully saturated rings. The van der Waals surface area contributed by atoms with Crippen molar-refractivity contribution in [2.45, 2.75) is 4.90 Å².